The normalized spacial score (nSPS) is 30.8. The molecule has 0 saturated carbocycles. The molecule has 98 valence electrons. The Labute approximate surface area is 108 Å². The Balaban J connectivity index is 1.88. The van der Waals surface area contributed by atoms with Gasteiger partial charge < -0.3 is 9.64 Å². The van der Waals surface area contributed by atoms with Gasteiger partial charge in [-0.1, -0.05) is 6.92 Å². The molecule has 1 amide bonds. The molecule has 2 heterocycles. The summed E-state index contributed by atoms with van der Waals surface area (Å²) >= 11 is 5.86. The van der Waals surface area contributed by atoms with Crippen LogP contribution < -0.4 is 0 Å². The van der Waals surface area contributed by atoms with E-state index in [0.717, 1.165) is 51.3 Å². The Morgan fingerprint density at radius 1 is 1.35 bits per heavy atom. The molecule has 17 heavy (non-hydrogen) atoms. The van der Waals surface area contributed by atoms with E-state index in [1.165, 1.54) is 0 Å². The number of carbonyl (C=O) groups is 1. The average Bonchev–Trinajstić information content (AvgIpc) is 2.86. The van der Waals surface area contributed by atoms with E-state index < -0.39 is 0 Å². The van der Waals surface area contributed by atoms with E-state index in [0.29, 0.717) is 11.8 Å². The van der Waals surface area contributed by atoms with Gasteiger partial charge in [-0.15, -0.1) is 11.6 Å². The second kappa shape index (κ2) is 6.05. The lowest BCUT2D eigenvalue weighted by Gasteiger charge is -2.33. The standard InChI is InChI=1S/C13H22ClNO2/c1-2-12-11(5-8-17-12)13(16)15-6-3-10(9-14)4-7-15/h10-12H,2-9H2,1H3. The van der Waals surface area contributed by atoms with E-state index in [2.05, 4.69) is 6.92 Å². The van der Waals surface area contributed by atoms with Gasteiger partial charge >= 0.3 is 0 Å². The van der Waals surface area contributed by atoms with Gasteiger partial charge in [-0.2, -0.15) is 0 Å². The molecule has 2 unspecified atom stereocenters. The van der Waals surface area contributed by atoms with E-state index in [-0.39, 0.29) is 12.0 Å². The number of hydrogen-bond donors (Lipinski definition) is 0. The number of ether oxygens (including phenoxy) is 1. The number of rotatable bonds is 3. The van der Waals surface area contributed by atoms with Gasteiger partial charge in [0.25, 0.3) is 0 Å². The van der Waals surface area contributed by atoms with Gasteiger partial charge in [0.2, 0.25) is 5.91 Å². The molecule has 0 aliphatic carbocycles. The highest BCUT2D eigenvalue weighted by molar-refractivity contribution is 6.18. The van der Waals surface area contributed by atoms with E-state index in [1.54, 1.807) is 0 Å². The number of halogens is 1. The Kier molecular flexibility index (Phi) is 4.69. The number of likely N-dealkylation sites (tertiary alicyclic amines) is 1. The van der Waals surface area contributed by atoms with E-state index >= 15 is 0 Å². The minimum Gasteiger partial charge on any atom is -0.377 e. The summed E-state index contributed by atoms with van der Waals surface area (Å²) in [5.41, 5.74) is 0. The van der Waals surface area contributed by atoms with Crippen LogP contribution in [0.1, 0.15) is 32.6 Å². The highest BCUT2D eigenvalue weighted by Gasteiger charge is 2.36. The Morgan fingerprint density at radius 2 is 2.06 bits per heavy atom. The third-order valence-electron chi connectivity index (χ3n) is 4.07. The molecule has 2 saturated heterocycles. The van der Waals surface area contributed by atoms with Crippen LogP contribution in [-0.2, 0) is 9.53 Å². The predicted molar refractivity (Wildman–Crippen MR) is 68.2 cm³/mol. The van der Waals surface area contributed by atoms with Crippen LogP contribution in [0.5, 0.6) is 0 Å². The van der Waals surface area contributed by atoms with Crippen molar-refractivity contribution in [2.75, 3.05) is 25.6 Å². The van der Waals surface area contributed by atoms with Crippen molar-refractivity contribution in [1.82, 2.24) is 4.90 Å². The zero-order valence-electron chi connectivity index (χ0n) is 10.5. The lowest BCUT2D eigenvalue weighted by molar-refractivity contribution is -0.138. The van der Waals surface area contributed by atoms with Crippen LogP contribution in [0.2, 0.25) is 0 Å². The summed E-state index contributed by atoms with van der Waals surface area (Å²) in [6, 6.07) is 0. The number of alkyl halides is 1. The quantitative estimate of drug-likeness (QED) is 0.728. The molecule has 2 aliphatic heterocycles. The van der Waals surface area contributed by atoms with Gasteiger partial charge in [-0.25, -0.2) is 0 Å². The van der Waals surface area contributed by atoms with Gasteiger partial charge in [0, 0.05) is 25.6 Å². The van der Waals surface area contributed by atoms with Crippen LogP contribution in [0.15, 0.2) is 0 Å². The van der Waals surface area contributed by atoms with Crippen LogP contribution in [0.25, 0.3) is 0 Å². The van der Waals surface area contributed by atoms with Crippen molar-refractivity contribution in [3.05, 3.63) is 0 Å². The van der Waals surface area contributed by atoms with Crippen LogP contribution in [0.3, 0.4) is 0 Å². The lowest BCUT2D eigenvalue weighted by Crippen LogP contribution is -2.43. The number of nitrogens with zero attached hydrogens (tertiary/aromatic N) is 1. The first kappa shape index (κ1) is 13.2. The molecule has 4 heteroatoms. The zero-order valence-corrected chi connectivity index (χ0v) is 11.3. The van der Waals surface area contributed by atoms with Crippen molar-refractivity contribution < 1.29 is 9.53 Å². The molecular weight excluding hydrogens is 238 g/mol. The largest absolute Gasteiger partial charge is 0.377 e. The molecular formula is C13H22ClNO2. The van der Waals surface area contributed by atoms with E-state index in [4.69, 9.17) is 16.3 Å². The van der Waals surface area contributed by atoms with Crippen molar-refractivity contribution in [3.8, 4) is 0 Å². The summed E-state index contributed by atoms with van der Waals surface area (Å²) in [5.74, 6) is 1.74. The second-order valence-corrected chi connectivity index (χ2v) is 5.44. The van der Waals surface area contributed by atoms with Crippen molar-refractivity contribution in [2.24, 2.45) is 11.8 Å². The van der Waals surface area contributed by atoms with Gasteiger partial charge in [0.1, 0.15) is 0 Å². The monoisotopic (exact) mass is 259 g/mol. The van der Waals surface area contributed by atoms with Crippen LogP contribution in [0, 0.1) is 11.8 Å². The van der Waals surface area contributed by atoms with Crippen LogP contribution in [0.4, 0.5) is 0 Å². The molecule has 0 aromatic carbocycles. The maximum Gasteiger partial charge on any atom is 0.228 e. The number of piperidine rings is 1. The van der Waals surface area contributed by atoms with Gasteiger partial charge in [-0.3, -0.25) is 4.79 Å². The zero-order chi connectivity index (χ0) is 12.3. The molecule has 0 radical (unpaired) electrons. The van der Waals surface area contributed by atoms with Crippen molar-refractivity contribution >= 4 is 17.5 Å². The topological polar surface area (TPSA) is 29.5 Å². The Hall–Kier alpha value is -0.280. The van der Waals surface area contributed by atoms with Crippen molar-refractivity contribution in [3.63, 3.8) is 0 Å². The predicted octanol–water partition coefficient (Wildman–Crippen LogP) is 2.28. The van der Waals surface area contributed by atoms with Gasteiger partial charge in [0.15, 0.2) is 0 Å². The van der Waals surface area contributed by atoms with Crippen LogP contribution >= 0.6 is 11.6 Å². The SMILES string of the molecule is CCC1OCCC1C(=O)N1CCC(CCl)CC1. The molecule has 2 fully saturated rings. The minimum absolute atomic E-state index is 0.104. The highest BCUT2D eigenvalue weighted by Crippen LogP contribution is 2.27. The number of hydrogen-bond acceptors (Lipinski definition) is 2. The molecule has 0 spiro atoms. The number of carbonyl (C=O) groups excluding carboxylic acids is 1. The fraction of sp³-hybridized carbons (Fsp3) is 0.923. The average molecular weight is 260 g/mol. The second-order valence-electron chi connectivity index (χ2n) is 5.14. The summed E-state index contributed by atoms with van der Waals surface area (Å²) in [6.45, 7) is 4.59. The van der Waals surface area contributed by atoms with Gasteiger partial charge in [0.05, 0.1) is 12.0 Å². The summed E-state index contributed by atoms with van der Waals surface area (Å²) < 4.78 is 5.60. The highest BCUT2D eigenvalue weighted by atomic mass is 35.5. The van der Waals surface area contributed by atoms with Crippen LogP contribution in [-0.4, -0.2) is 42.5 Å². The molecule has 0 bridgehead atoms. The van der Waals surface area contributed by atoms with Gasteiger partial charge in [-0.05, 0) is 31.6 Å². The summed E-state index contributed by atoms with van der Waals surface area (Å²) in [5, 5.41) is 0. The lowest BCUT2D eigenvalue weighted by atomic mass is 9.94. The molecule has 0 aromatic rings. The maximum atomic E-state index is 12.4. The molecule has 3 nitrogen and oxygen atoms in total. The third-order valence-corrected chi connectivity index (χ3v) is 4.51. The minimum atomic E-state index is 0.104. The molecule has 2 rings (SSSR count). The van der Waals surface area contributed by atoms with E-state index in [1.807, 2.05) is 4.90 Å². The Bertz CT molecular complexity index is 264. The van der Waals surface area contributed by atoms with Crippen molar-refractivity contribution in [2.45, 2.75) is 38.7 Å². The summed E-state index contributed by atoms with van der Waals surface area (Å²) in [7, 11) is 0. The first-order valence-corrected chi connectivity index (χ1v) is 7.26. The van der Waals surface area contributed by atoms with Crippen molar-refractivity contribution in [1.29, 1.82) is 0 Å². The summed E-state index contributed by atoms with van der Waals surface area (Å²) in [6.07, 6.45) is 4.09. The molecule has 2 atom stereocenters. The first-order valence-electron chi connectivity index (χ1n) is 6.72. The molecule has 2 aliphatic rings. The third kappa shape index (κ3) is 2.94. The first-order chi connectivity index (χ1) is 8.26. The molecule has 0 aromatic heterocycles. The Morgan fingerprint density at radius 3 is 2.65 bits per heavy atom. The molecule has 0 N–H and O–H groups in total. The summed E-state index contributed by atoms with van der Waals surface area (Å²) in [4.78, 5) is 14.4. The maximum absolute atomic E-state index is 12.4. The number of amides is 1. The van der Waals surface area contributed by atoms with E-state index in [9.17, 15) is 4.79 Å². The fourth-order valence-corrected chi connectivity index (χ4v) is 3.18. The fourth-order valence-electron chi connectivity index (χ4n) is 2.88. The smallest absolute Gasteiger partial charge is 0.228 e.